The summed E-state index contributed by atoms with van der Waals surface area (Å²) in [5.74, 6) is 0. The van der Waals surface area contributed by atoms with E-state index in [-0.39, 0.29) is 13.1 Å². The number of piperidine rings is 1. The van der Waals surface area contributed by atoms with Crippen molar-refractivity contribution in [3.8, 4) is 0 Å². The summed E-state index contributed by atoms with van der Waals surface area (Å²) in [5.41, 5.74) is -3.53. The van der Waals surface area contributed by atoms with E-state index >= 15 is 0 Å². The van der Waals surface area contributed by atoms with Crippen molar-refractivity contribution >= 4 is 22.0 Å². The van der Waals surface area contributed by atoms with Gasteiger partial charge in [0.25, 0.3) is 0 Å². The molecule has 0 aromatic rings. The van der Waals surface area contributed by atoms with E-state index in [4.69, 9.17) is 4.74 Å². The predicted octanol–water partition coefficient (Wildman–Crippen LogP) is 2.68. The fourth-order valence-electron chi connectivity index (χ4n) is 1.71. The largest absolute Gasteiger partial charge is 0.444 e. The van der Waals surface area contributed by atoms with E-state index in [0.29, 0.717) is 0 Å². The average molecular weight is 348 g/mol. The third-order valence-electron chi connectivity index (χ3n) is 2.80. The van der Waals surface area contributed by atoms with Crippen LogP contribution in [0, 0.1) is 0 Å². The lowest BCUT2D eigenvalue weighted by Gasteiger charge is -2.42. The Morgan fingerprint density at radius 1 is 1.42 bits per heavy atom. The van der Waals surface area contributed by atoms with Gasteiger partial charge in [-0.25, -0.2) is 4.79 Å². The molecule has 1 aliphatic rings. The normalized spacial score (nSPS) is 29.3. The zero-order valence-electron chi connectivity index (χ0n) is 10.9. The molecule has 19 heavy (non-hydrogen) atoms. The monoisotopic (exact) mass is 347 g/mol. The lowest BCUT2D eigenvalue weighted by molar-refractivity contribution is -0.268. The first-order valence-electron chi connectivity index (χ1n) is 5.78. The molecule has 4 nitrogen and oxygen atoms in total. The molecule has 1 aliphatic heterocycles. The van der Waals surface area contributed by atoms with Gasteiger partial charge in [-0.15, -0.1) is 0 Å². The Hall–Kier alpha value is -0.500. The molecule has 1 saturated heterocycles. The molecular weight excluding hydrogens is 331 g/mol. The minimum absolute atomic E-state index is 0.201. The summed E-state index contributed by atoms with van der Waals surface area (Å²) in [6, 6.07) is 0. The highest BCUT2D eigenvalue weighted by Crippen LogP contribution is 2.41. The van der Waals surface area contributed by atoms with Crippen molar-refractivity contribution in [2.75, 3.05) is 13.1 Å². The number of hydrogen-bond donors (Lipinski definition) is 1. The maximum atomic E-state index is 12.8. The molecule has 0 spiro atoms. The van der Waals surface area contributed by atoms with Crippen molar-refractivity contribution in [2.45, 2.75) is 49.4 Å². The summed E-state index contributed by atoms with van der Waals surface area (Å²) in [4.78, 5) is 11.6. The molecule has 8 heteroatoms. The molecule has 0 bridgehead atoms. The van der Waals surface area contributed by atoms with E-state index in [1.807, 2.05) is 0 Å². The quantitative estimate of drug-likeness (QED) is 0.685. The molecule has 2 unspecified atom stereocenters. The second-order valence-corrected chi connectivity index (χ2v) is 6.67. The summed E-state index contributed by atoms with van der Waals surface area (Å²) in [7, 11) is 0. The number of halogens is 4. The molecule has 1 amide bonds. The lowest BCUT2D eigenvalue weighted by Crippen LogP contribution is -2.61. The second-order valence-electron chi connectivity index (χ2n) is 5.57. The summed E-state index contributed by atoms with van der Waals surface area (Å²) < 4.78 is 43.4. The van der Waals surface area contributed by atoms with Crippen molar-refractivity contribution in [3.63, 3.8) is 0 Å². The Morgan fingerprint density at radius 3 is 2.32 bits per heavy atom. The van der Waals surface area contributed by atoms with Gasteiger partial charge in [0.15, 0.2) is 5.60 Å². The Labute approximate surface area is 118 Å². The van der Waals surface area contributed by atoms with Gasteiger partial charge >= 0.3 is 12.3 Å². The zero-order valence-corrected chi connectivity index (χ0v) is 12.5. The maximum absolute atomic E-state index is 12.8. The summed E-state index contributed by atoms with van der Waals surface area (Å²) in [6.07, 6.45) is -5.99. The van der Waals surface area contributed by atoms with Gasteiger partial charge in [-0.1, -0.05) is 15.9 Å². The lowest BCUT2D eigenvalue weighted by atomic mass is 9.91. The second kappa shape index (κ2) is 5.12. The van der Waals surface area contributed by atoms with Crippen LogP contribution in [-0.4, -0.2) is 51.4 Å². The number of alkyl halides is 4. The Morgan fingerprint density at radius 2 is 1.95 bits per heavy atom. The number of likely N-dealkylation sites (tertiary alicyclic amines) is 1. The summed E-state index contributed by atoms with van der Waals surface area (Å²) in [6.45, 7) is 4.56. The maximum Gasteiger partial charge on any atom is 0.418 e. The highest BCUT2D eigenvalue weighted by molar-refractivity contribution is 9.09. The molecular formula is C11H17BrF3NO3. The van der Waals surface area contributed by atoms with Gasteiger partial charge in [-0.2, -0.15) is 13.2 Å². The highest BCUT2D eigenvalue weighted by atomic mass is 79.9. The van der Waals surface area contributed by atoms with Crippen LogP contribution >= 0.6 is 15.9 Å². The molecule has 1 heterocycles. The van der Waals surface area contributed by atoms with Crippen molar-refractivity contribution in [2.24, 2.45) is 0 Å². The first-order valence-corrected chi connectivity index (χ1v) is 6.69. The third-order valence-corrected chi connectivity index (χ3v) is 3.85. The first-order chi connectivity index (χ1) is 8.37. The van der Waals surface area contributed by atoms with Gasteiger partial charge in [-0.05, 0) is 20.8 Å². The van der Waals surface area contributed by atoms with Crippen molar-refractivity contribution in [3.05, 3.63) is 0 Å². The van der Waals surface area contributed by atoms with Gasteiger partial charge in [-0.3, -0.25) is 0 Å². The van der Waals surface area contributed by atoms with E-state index in [2.05, 4.69) is 15.9 Å². The molecule has 1 N–H and O–H groups in total. The van der Waals surface area contributed by atoms with Gasteiger partial charge < -0.3 is 14.7 Å². The van der Waals surface area contributed by atoms with E-state index < -0.39 is 34.7 Å². The number of rotatable bonds is 0. The fourth-order valence-corrected chi connectivity index (χ4v) is 2.55. The van der Waals surface area contributed by atoms with Crippen LogP contribution in [0.25, 0.3) is 0 Å². The van der Waals surface area contributed by atoms with Crippen LogP contribution in [-0.2, 0) is 4.74 Å². The number of carbonyl (C=O) groups is 1. The summed E-state index contributed by atoms with van der Waals surface area (Å²) in [5, 5.41) is 9.66. The standard InChI is InChI=1S/C11H17BrF3NO3/c1-9(2,3)19-8(17)16-5-4-10(18,7(12)6-16)11(13,14)15/h7,18H,4-6H2,1-3H3. The molecule has 1 rings (SSSR count). The molecule has 0 radical (unpaired) electrons. The van der Waals surface area contributed by atoms with E-state index in [1.165, 1.54) is 0 Å². The molecule has 1 fully saturated rings. The van der Waals surface area contributed by atoms with Crippen LogP contribution in [0.3, 0.4) is 0 Å². The number of ether oxygens (including phenoxy) is 1. The van der Waals surface area contributed by atoms with Crippen molar-refractivity contribution in [1.29, 1.82) is 0 Å². The Kier molecular flexibility index (Phi) is 4.46. The van der Waals surface area contributed by atoms with Crippen LogP contribution in [0.4, 0.5) is 18.0 Å². The minimum atomic E-state index is -4.73. The van der Waals surface area contributed by atoms with Gasteiger partial charge in [0, 0.05) is 19.5 Å². The molecule has 0 aliphatic carbocycles. The van der Waals surface area contributed by atoms with E-state index in [9.17, 15) is 23.1 Å². The minimum Gasteiger partial charge on any atom is -0.444 e. The first kappa shape index (κ1) is 16.6. The molecule has 112 valence electrons. The van der Waals surface area contributed by atoms with Gasteiger partial charge in [0.05, 0.1) is 4.83 Å². The van der Waals surface area contributed by atoms with Gasteiger partial charge in [0.1, 0.15) is 5.60 Å². The topological polar surface area (TPSA) is 49.8 Å². The van der Waals surface area contributed by atoms with E-state index in [0.717, 1.165) is 4.90 Å². The van der Waals surface area contributed by atoms with E-state index in [1.54, 1.807) is 20.8 Å². The van der Waals surface area contributed by atoms with Crippen molar-refractivity contribution in [1.82, 2.24) is 4.90 Å². The van der Waals surface area contributed by atoms with Crippen LogP contribution in [0.2, 0.25) is 0 Å². The molecule has 0 saturated carbocycles. The molecule has 0 aromatic heterocycles. The molecule has 0 aromatic carbocycles. The average Bonchev–Trinajstić information content (AvgIpc) is 2.17. The summed E-state index contributed by atoms with van der Waals surface area (Å²) >= 11 is 2.82. The SMILES string of the molecule is CC(C)(C)OC(=O)N1CCC(O)(C(F)(F)F)C(Br)C1. The smallest absolute Gasteiger partial charge is 0.418 e. The number of nitrogens with zero attached hydrogens (tertiary/aromatic N) is 1. The fraction of sp³-hybridized carbons (Fsp3) is 0.909. The van der Waals surface area contributed by atoms with Crippen LogP contribution in [0.1, 0.15) is 27.2 Å². The third kappa shape index (κ3) is 3.75. The van der Waals surface area contributed by atoms with Crippen LogP contribution < -0.4 is 0 Å². The number of aliphatic hydroxyl groups is 1. The van der Waals surface area contributed by atoms with Crippen molar-refractivity contribution < 1.29 is 27.8 Å². The number of amides is 1. The van der Waals surface area contributed by atoms with Crippen LogP contribution in [0.5, 0.6) is 0 Å². The zero-order chi connectivity index (χ0) is 15.1. The Balaban J connectivity index is 2.72. The Bertz CT molecular complexity index is 356. The van der Waals surface area contributed by atoms with Crippen LogP contribution in [0.15, 0.2) is 0 Å². The number of hydrogen-bond acceptors (Lipinski definition) is 3. The predicted molar refractivity (Wildman–Crippen MR) is 66.1 cm³/mol. The number of carbonyl (C=O) groups excluding carboxylic acids is 1. The van der Waals surface area contributed by atoms with Gasteiger partial charge in [0.2, 0.25) is 0 Å². The molecule has 2 atom stereocenters. The highest BCUT2D eigenvalue weighted by Gasteiger charge is 2.60.